The maximum Gasteiger partial charge on any atom is 0.341 e. The minimum atomic E-state index is -1.04. The number of ether oxygens (including phenoxy) is 2. The minimum absolute atomic E-state index is 0.0243. The number of nitrogens with one attached hydrogen (secondary N) is 1. The van der Waals surface area contributed by atoms with E-state index in [-0.39, 0.29) is 12.5 Å². The van der Waals surface area contributed by atoms with Crippen molar-refractivity contribution in [2.45, 2.75) is 13.3 Å². The number of aliphatic carboxylic acids is 1. The smallest absolute Gasteiger partial charge is 0.341 e. The fourth-order valence-electron chi connectivity index (χ4n) is 2.20. The van der Waals surface area contributed by atoms with E-state index in [1.165, 1.54) is 0 Å². The molecule has 0 aromatic heterocycles. The fourth-order valence-corrected chi connectivity index (χ4v) is 2.20. The topological polar surface area (TPSA) is 84.9 Å². The maximum absolute atomic E-state index is 11.9. The van der Waals surface area contributed by atoms with Gasteiger partial charge < -0.3 is 19.9 Å². The Balaban J connectivity index is 1.75. The zero-order valence-electron chi connectivity index (χ0n) is 14.0. The molecule has 0 unspecified atom stereocenters. The number of hydrogen-bond donors (Lipinski definition) is 2. The van der Waals surface area contributed by atoms with E-state index in [2.05, 4.69) is 5.32 Å². The van der Waals surface area contributed by atoms with E-state index < -0.39 is 12.6 Å². The molecule has 0 saturated heterocycles. The van der Waals surface area contributed by atoms with Crippen LogP contribution >= 0.6 is 0 Å². The van der Waals surface area contributed by atoms with Crippen LogP contribution in [0.2, 0.25) is 0 Å². The van der Waals surface area contributed by atoms with E-state index in [1.54, 1.807) is 25.1 Å². The molecule has 6 heteroatoms. The first-order chi connectivity index (χ1) is 12.0. The first kappa shape index (κ1) is 18.5. The largest absolute Gasteiger partial charge is 0.482 e. The second-order valence-corrected chi connectivity index (χ2v) is 5.50. The Labute approximate surface area is 146 Å². The molecule has 0 aliphatic carbocycles. The van der Waals surface area contributed by atoms with Gasteiger partial charge in [-0.05, 0) is 42.7 Å². The van der Waals surface area contributed by atoms with E-state index in [1.807, 2.05) is 30.3 Å². The van der Waals surface area contributed by atoms with E-state index in [0.29, 0.717) is 18.0 Å². The molecule has 0 bridgehead atoms. The molecule has 2 rings (SSSR count). The molecule has 2 aromatic carbocycles. The van der Waals surface area contributed by atoms with Gasteiger partial charge in [0, 0.05) is 5.69 Å². The van der Waals surface area contributed by atoms with Gasteiger partial charge in [0.25, 0.3) is 0 Å². The van der Waals surface area contributed by atoms with Crippen molar-refractivity contribution in [3.8, 4) is 5.75 Å². The number of rotatable bonds is 9. The molecular weight excluding hydrogens is 322 g/mol. The summed E-state index contributed by atoms with van der Waals surface area (Å²) in [5, 5.41) is 11.4. The summed E-state index contributed by atoms with van der Waals surface area (Å²) in [4.78, 5) is 22.4. The van der Waals surface area contributed by atoms with Gasteiger partial charge in [-0.25, -0.2) is 4.79 Å². The molecule has 0 spiro atoms. The van der Waals surface area contributed by atoms with E-state index in [0.717, 1.165) is 17.5 Å². The number of carboxylic acids is 1. The number of carboxylic acid groups (broad SMARTS) is 1. The Kier molecular flexibility index (Phi) is 6.98. The van der Waals surface area contributed by atoms with Gasteiger partial charge in [-0.15, -0.1) is 0 Å². The number of hydrogen-bond acceptors (Lipinski definition) is 4. The Hall–Kier alpha value is -2.86. The molecule has 0 atom stereocenters. The summed E-state index contributed by atoms with van der Waals surface area (Å²) >= 11 is 0. The van der Waals surface area contributed by atoms with Crippen LogP contribution in [0.1, 0.15) is 11.1 Å². The lowest BCUT2D eigenvalue weighted by Gasteiger charge is -2.11. The van der Waals surface area contributed by atoms with Crippen molar-refractivity contribution < 1.29 is 24.2 Å². The summed E-state index contributed by atoms with van der Waals surface area (Å²) in [7, 11) is 0. The van der Waals surface area contributed by atoms with Gasteiger partial charge in [0.15, 0.2) is 6.61 Å². The molecule has 2 aromatic rings. The summed E-state index contributed by atoms with van der Waals surface area (Å²) in [5.74, 6) is -0.838. The lowest BCUT2D eigenvalue weighted by atomic mass is 10.2. The van der Waals surface area contributed by atoms with Crippen molar-refractivity contribution in [2.24, 2.45) is 0 Å². The van der Waals surface area contributed by atoms with Crippen LogP contribution in [0.25, 0.3) is 0 Å². The van der Waals surface area contributed by atoms with Crippen LogP contribution in [-0.4, -0.2) is 36.8 Å². The Morgan fingerprint density at radius 1 is 1.08 bits per heavy atom. The molecule has 0 aliphatic rings. The third-order valence-corrected chi connectivity index (χ3v) is 3.45. The summed E-state index contributed by atoms with van der Waals surface area (Å²) in [6.07, 6.45) is 0.753. The molecule has 0 heterocycles. The van der Waals surface area contributed by atoms with E-state index in [9.17, 15) is 9.59 Å². The average molecular weight is 343 g/mol. The van der Waals surface area contributed by atoms with Crippen LogP contribution in [0.4, 0.5) is 5.69 Å². The number of amides is 1. The van der Waals surface area contributed by atoms with Crippen LogP contribution < -0.4 is 10.1 Å². The standard InChI is InChI=1S/C19H21NO5/c1-14-11-16(25-13-19(22)23)7-8-17(14)20-18(21)12-24-10-9-15-5-3-2-4-6-15/h2-8,11H,9-10,12-13H2,1H3,(H,20,21)(H,22,23). The van der Waals surface area contributed by atoms with Gasteiger partial charge in [-0.2, -0.15) is 0 Å². The molecule has 0 fully saturated rings. The van der Waals surface area contributed by atoms with Gasteiger partial charge in [0.1, 0.15) is 12.4 Å². The van der Waals surface area contributed by atoms with Crippen molar-refractivity contribution in [1.29, 1.82) is 0 Å². The summed E-state index contributed by atoms with van der Waals surface area (Å²) in [6.45, 7) is 1.85. The monoisotopic (exact) mass is 343 g/mol. The fraction of sp³-hybridized carbons (Fsp3) is 0.263. The summed E-state index contributed by atoms with van der Waals surface area (Å²) < 4.78 is 10.5. The number of anilines is 1. The Morgan fingerprint density at radius 2 is 1.84 bits per heavy atom. The summed E-state index contributed by atoms with van der Waals surface area (Å²) in [6, 6.07) is 14.9. The highest BCUT2D eigenvalue weighted by Gasteiger charge is 2.07. The van der Waals surface area contributed by atoms with Crippen molar-refractivity contribution in [3.63, 3.8) is 0 Å². The molecule has 6 nitrogen and oxygen atoms in total. The number of carbonyl (C=O) groups is 2. The summed E-state index contributed by atoms with van der Waals surface area (Å²) in [5.41, 5.74) is 2.58. The molecule has 0 radical (unpaired) electrons. The Bertz CT molecular complexity index is 715. The lowest BCUT2D eigenvalue weighted by Crippen LogP contribution is -2.19. The van der Waals surface area contributed by atoms with Crippen LogP contribution in [0.15, 0.2) is 48.5 Å². The highest BCUT2D eigenvalue weighted by molar-refractivity contribution is 5.92. The predicted molar refractivity (Wildman–Crippen MR) is 93.9 cm³/mol. The van der Waals surface area contributed by atoms with Crippen molar-refractivity contribution in [2.75, 3.05) is 25.1 Å². The van der Waals surface area contributed by atoms with Crippen molar-refractivity contribution in [1.82, 2.24) is 0 Å². The molecule has 25 heavy (non-hydrogen) atoms. The quantitative estimate of drug-likeness (QED) is 0.684. The van der Waals surface area contributed by atoms with Gasteiger partial charge in [0.2, 0.25) is 5.91 Å². The Morgan fingerprint density at radius 3 is 2.52 bits per heavy atom. The minimum Gasteiger partial charge on any atom is -0.482 e. The first-order valence-corrected chi connectivity index (χ1v) is 7.91. The molecule has 132 valence electrons. The number of benzene rings is 2. The van der Waals surface area contributed by atoms with Crippen molar-refractivity contribution in [3.05, 3.63) is 59.7 Å². The second kappa shape index (κ2) is 9.44. The zero-order valence-corrected chi connectivity index (χ0v) is 14.0. The molecule has 0 saturated carbocycles. The zero-order chi connectivity index (χ0) is 18.1. The van der Waals surface area contributed by atoms with Gasteiger partial charge >= 0.3 is 5.97 Å². The van der Waals surface area contributed by atoms with Gasteiger partial charge in [-0.3, -0.25) is 4.79 Å². The van der Waals surface area contributed by atoms with Crippen LogP contribution in [0, 0.1) is 6.92 Å². The maximum atomic E-state index is 11.9. The van der Waals surface area contributed by atoms with Crippen LogP contribution in [0.3, 0.4) is 0 Å². The third kappa shape index (κ3) is 6.64. The first-order valence-electron chi connectivity index (χ1n) is 7.91. The second-order valence-electron chi connectivity index (χ2n) is 5.50. The van der Waals surface area contributed by atoms with Crippen LogP contribution in [0.5, 0.6) is 5.75 Å². The molecule has 2 N–H and O–H groups in total. The predicted octanol–water partition coefficient (Wildman–Crippen LogP) is 2.66. The third-order valence-electron chi connectivity index (χ3n) is 3.45. The van der Waals surface area contributed by atoms with Crippen molar-refractivity contribution >= 4 is 17.6 Å². The molecule has 0 aliphatic heterocycles. The average Bonchev–Trinajstić information content (AvgIpc) is 2.60. The molecular formula is C19H21NO5. The highest BCUT2D eigenvalue weighted by atomic mass is 16.5. The van der Waals surface area contributed by atoms with Crippen LogP contribution in [-0.2, 0) is 20.7 Å². The lowest BCUT2D eigenvalue weighted by molar-refractivity contribution is -0.139. The molecule has 1 amide bonds. The normalized spacial score (nSPS) is 10.3. The van der Waals surface area contributed by atoms with Gasteiger partial charge in [0.05, 0.1) is 6.61 Å². The number of carbonyl (C=O) groups excluding carboxylic acids is 1. The van der Waals surface area contributed by atoms with E-state index in [4.69, 9.17) is 14.6 Å². The highest BCUT2D eigenvalue weighted by Crippen LogP contribution is 2.21. The number of aryl methyl sites for hydroxylation is 1. The van der Waals surface area contributed by atoms with Gasteiger partial charge in [-0.1, -0.05) is 30.3 Å². The SMILES string of the molecule is Cc1cc(OCC(=O)O)ccc1NC(=O)COCCc1ccccc1. The van der Waals surface area contributed by atoms with E-state index >= 15 is 0 Å².